The van der Waals surface area contributed by atoms with E-state index in [2.05, 4.69) is 24.3 Å². The normalized spacial score (nSPS) is 11.6. The van der Waals surface area contributed by atoms with Crippen LogP contribution in [-0.4, -0.2) is 9.38 Å². The smallest absolute Gasteiger partial charge is 0.147 e. The maximum Gasteiger partial charge on any atom is 0.147 e. The number of halogens is 1. The number of fused-ring (bicyclic) bond motifs is 6. The molecule has 0 aliphatic rings. The Kier molecular flexibility index (Phi) is 2.99. The fourth-order valence-electron chi connectivity index (χ4n) is 3.52. The largest absolute Gasteiger partial charge is 0.383 e. The van der Waals surface area contributed by atoms with E-state index in [-0.39, 0.29) is 0 Å². The summed E-state index contributed by atoms with van der Waals surface area (Å²) < 4.78 is 2.02. The molecule has 0 bridgehead atoms. The molecule has 0 spiro atoms. The highest BCUT2D eigenvalue weighted by Gasteiger charge is 2.18. The molecule has 0 saturated carbocycles. The van der Waals surface area contributed by atoms with Gasteiger partial charge >= 0.3 is 0 Å². The first-order valence-electron chi connectivity index (χ1n) is 8.08. The molecule has 5 rings (SSSR count). The summed E-state index contributed by atoms with van der Waals surface area (Å²) in [5, 5.41) is 4.04. The number of rotatable bonds is 1. The molecule has 0 radical (unpaired) electrons. The van der Waals surface area contributed by atoms with E-state index in [1.54, 1.807) is 0 Å². The van der Waals surface area contributed by atoms with Gasteiger partial charge in [0.15, 0.2) is 0 Å². The molecular formula is C21H14ClN3. The summed E-state index contributed by atoms with van der Waals surface area (Å²) in [7, 11) is 0. The summed E-state index contributed by atoms with van der Waals surface area (Å²) in [6.07, 6.45) is 0. The second-order valence-electron chi connectivity index (χ2n) is 6.05. The molecular weight excluding hydrogens is 330 g/mol. The van der Waals surface area contributed by atoms with Gasteiger partial charge in [-0.2, -0.15) is 0 Å². The van der Waals surface area contributed by atoms with E-state index >= 15 is 0 Å². The summed E-state index contributed by atoms with van der Waals surface area (Å²) in [6.45, 7) is 0. The highest BCUT2D eigenvalue weighted by Crippen LogP contribution is 2.37. The lowest BCUT2D eigenvalue weighted by molar-refractivity contribution is 1.28. The van der Waals surface area contributed by atoms with Gasteiger partial charge in [-0.3, -0.25) is 4.40 Å². The lowest BCUT2D eigenvalue weighted by Crippen LogP contribution is -1.97. The van der Waals surface area contributed by atoms with Crippen molar-refractivity contribution in [3.63, 3.8) is 0 Å². The van der Waals surface area contributed by atoms with Crippen molar-refractivity contribution in [2.45, 2.75) is 0 Å². The SMILES string of the molecule is Nc1c(-c2ccccc2Cl)nc2c3ccccc3c3ccccc3n12. The van der Waals surface area contributed by atoms with E-state index in [1.165, 1.54) is 5.39 Å². The molecule has 0 aliphatic carbocycles. The zero-order valence-electron chi connectivity index (χ0n) is 13.3. The second kappa shape index (κ2) is 5.23. The molecule has 25 heavy (non-hydrogen) atoms. The Bertz CT molecular complexity index is 1270. The van der Waals surface area contributed by atoms with E-state index in [0.717, 1.165) is 27.5 Å². The van der Waals surface area contributed by atoms with Crippen LogP contribution in [-0.2, 0) is 0 Å². The molecule has 0 amide bonds. The van der Waals surface area contributed by atoms with Gasteiger partial charge in [0, 0.05) is 16.3 Å². The van der Waals surface area contributed by atoms with Crippen LogP contribution in [0.4, 0.5) is 5.82 Å². The Morgan fingerprint density at radius 3 is 2.20 bits per heavy atom. The Morgan fingerprint density at radius 2 is 1.40 bits per heavy atom. The molecule has 3 nitrogen and oxygen atoms in total. The molecule has 0 unspecified atom stereocenters. The van der Waals surface area contributed by atoms with Crippen LogP contribution in [0.1, 0.15) is 0 Å². The third-order valence-corrected chi connectivity index (χ3v) is 4.97. The van der Waals surface area contributed by atoms with Gasteiger partial charge in [-0.05, 0) is 17.5 Å². The number of nitrogens with zero attached hydrogens (tertiary/aromatic N) is 2. The second-order valence-corrected chi connectivity index (χ2v) is 6.45. The topological polar surface area (TPSA) is 43.3 Å². The van der Waals surface area contributed by atoms with Crippen LogP contribution in [0.2, 0.25) is 5.02 Å². The van der Waals surface area contributed by atoms with Gasteiger partial charge < -0.3 is 5.73 Å². The lowest BCUT2D eigenvalue weighted by Gasteiger charge is -2.08. The summed E-state index contributed by atoms with van der Waals surface area (Å²) >= 11 is 6.39. The minimum absolute atomic E-state index is 0.602. The van der Waals surface area contributed by atoms with Gasteiger partial charge in [-0.1, -0.05) is 72.3 Å². The van der Waals surface area contributed by atoms with E-state index in [0.29, 0.717) is 16.5 Å². The molecule has 2 aromatic heterocycles. The number of para-hydroxylation sites is 1. The molecule has 5 aromatic rings. The number of pyridine rings is 1. The maximum absolute atomic E-state index is 6.54. The summed E-state index contributed by atoms with van der Waals surface area (Å²) in [4.78, 5) is 4.88. The number of nitrogen functional groups attached to an aromatic ring is 1. The first-order chi connectivity index (χ1) is 12.3. The van der Waals surface area contributed by atoms with Crippen molar-refractivity contribution >= 4 is 44.7 Å². The minimum Gasteiger partial charge on any atom is -0.383 e. The third kappa shape index (κ3) is 1.96. The lowest BCUT2D eigenvalue weighted by atomic mass is 10.1. The number of aromatic nitrogens is 2. The van der Waals surface area contributed by atoms with Crippen LogP contribution < -0.4 is 5.73 Å². The number of anilines is 1. The monoisotopic (exact) mass is 343 g/mol. The molecule has 0 aliphatic heterocycles. The van der Waals surface area contributed by atoms with Gasteiger partial charge in [-0.25, -0.2) is 4.98 Å². The number of nitrogens with two attached hydrogens (primary N) is 1. The molecule has 0 saturated heterocycles. The molecule has 2 heterocycles. The molecule has 2 N–H and O–H groups in total. The first-order valence-corrected chi connectivity index (χ1v) is 8.46. The molecule has 120 valence electrons. The first kappa shape index (κ1) is 14.3. The summed E-state index contributed by atoms with van der Waals surface area (Å²) in [5.74, 6) is 0.602. The van der Waals surface area contributed by atoms with Gasteiger partial charge in [0.1, 0.15) is 17.2 Å². The predicted molar refractivity (Wildman–Crippen MR) is 105 cm³/mol. The van der Waals surface area contributed by atoms with Crippen LogP contribution >= 0.6 is 11.6 Å². The quantitative estimate of drug-likeness (QED) is 0.406. The predicted octanol–water partition coefficient (Wildman–Crippen LogP) is 5.54. The van der Waals surface area contributed by atoms with E-state index in [9.17, 15) is 0 Å². The fourth-order valence-corrected chi connectivity index (χ4v) is 3.74. The third-order valence-electron chi connectivity index (χ3n) is 4.65. The highest BCUT2D eigenvalue weighted by molar-refractivity contribution is 6.33. The van der Waals surface area contributed by atoms with Crippen LogP contribution in [0.15, 0.2) is 72.8 Å². The van der Waals surface area contributed by atoms with E-state index < -0.39 is 0 Å². The molecule has 0 fully saturated rings. The Hall–Kier alpha value is -3.04. The van der Waals surface area contributed by atoms with Crippen LogP contribution in [0, 0.1) is 0 Å². The molecule has 4 heteroatoms. The van der Waals surface area contributed by atoms with Crippen molar-refractivity contribution in [3.8, 4) is 11.3 Å². The zero-order chi connectivity index (χ0) is 17.0. The average Bonchev–Trinajstić information content (AvgIpc) is 3.00. The van der Waals surface area contributed by atoms with Gasteiger partial charge in [0.2, 0.25) is 0 Å². The van der Waals surface area contributed by atoms with Crippen LogP contribution in [0.5, 0.6) is 0 Å². The van der Waals surface area contributed by atoms with E-state index in [4.69, 9.17) is 22.3 Å². The molecule has 3 aromatic carbocycles. The Morgan fingerprint density at radius 1 is 0.760 bits per heavy atom. The number of imidazole rings is 1. The van der Waals surface area contributed by atoms with Gasteiger partial charge in [0.25, 0.3) is 0 Å². The fraction of sp³-hybridized carbons (Fsp3) is 0. The Labute approximate surface area is 149 Å². The highest BCUT2D eigenvalue weighted by atomic mass is 35.5. The van der Waals surface area contributed by atoms with Crippen LogP contribution in [0.25, 0.3) is 38.6 Å². The minimum atomic E-state index is 0.602. The van der Waals surface area contributed by atoms with Crippen molar-refractivity contribution in [3.05, 3.63) is 77.8 Å². The number of benzene rings is 3. The maximum atomic E-state index is 6.54. The van der Waals surface area contributed by atoms with Crippen molar-refractivity contribution in [2.24, 2.45) is 0 Å². The number of hydrogen-bond donors (Lipinski definition) is 1. The van der Waals surface area contributed by atoms with Crippen molar-refractivity contribution in [2.75, 3.05) is 5.73 Å². The van der Waals surface area contributed by atoms with Gasteiger partial charge in [-0.15, -0.1) is 0 Å². The van der Waals surface area contributed by atoms with Crippen LogP contribution in [0.3, 0.4) is 0 Å². The Balaban J connectivity index is 2.03. The number of hydrogen-bond acceptors (Lipinski definition) is 2. The summed E-state index contributed by atoms with van der Waals surface area (Å²) in [6, 6.07) is 24.2. The molecule has 0 atom stereocenters. The van der Waals surface area contributed by atoms with Gasteiger partial charge in [0.05, 0.1) is 10.5 Å². The van der Waals surface area contributed by atoms with Crippen molar-refractivity contribution in [1.29, 1.82) is 0 Å². The standard InChI is InChI=1S/C21H14ClN3/c22-17-11-5-3-10-16(17)19-20(23)25-18-12-6-4-8-14(18)13-7-1-2-9-15(13)21(25)24-19/h1-12H,23H2. The van der Waals surface area contributed by atoms with E-state index in [1.807, 2.05) is 52.9 Å². The van der Waals surface area contributed by atoms with Crippen molar-refractivity contribution < 1.29 is 0 Å². The summed E-state index contributed by atoms with van der Waals surface area (Å²) in [5.41, 5.74) is 9.99. The average molecular weight is 344 g/mol. The van der Waals surface area contributed by atoms with Crippen molar-refractivity contribution in [1.82, 2.24) is 9.38 Å². The zero-order valence-corrected chi connectivity index (χ0v) is 14.0.